The van der Waals surface area contributed by atoms with E-state index in [0.717, 1.165) is 14.7 Å². The SMILES string of the molecule is O=C1CCC(=O)N1CCN(C(=O)O)c1nc2ccc(C3(O)c4ccccc4C(=O)N3c3cccc(Cl)c3F)cc2[nH]1. The van der Waals surface area contributed by atoms with E-state index in [1.807, 2.05) is 0 Å². The zero-order valence-corrected chi connectivity index (χ0v) is 21.9. The summed E-state index contributed by atoms with van der Waals surface area (Å²) < 4.78 is 15.2. The van der Waals surface area contributed by atoms with Gasteiger partial charge in [-0.25, -0.2) is 19.1 Å². The molecule has 1 unspecified atom stereocenters. The zero-order valence-electron chi connectivity index (χ0n) is 21.2. The number of hydrogen-bond acceptors (Lipinski definition) is 6. The van der Waals surface area contributed by atoms with Gasteiger partial charge in [0.05, 0.1) is 28.3 Å². The number of carbonyl (C=O) groups excluding carboxylic acids is 3. The summed E-state index contributed by atoms with van der Waals surface area (Å²) in [6, 6.07) is 15.0. The van der Waals surface area contributed by atoms with Gasteiger partial charge in [0.1, 0.15) is 0 Å². The third-order valence-electron chi connectivity index (χ3n) is 7.29. The number of fused-ring (bicyclic) bond motifs is 2. The van der Waals surface area contributed by atoms with Gasteiger partial charge in [0.25, 0.3) is 5.91 Å². The van der Waals surface area contributed by atoms with E-state index in [1.165, 1.54) is 42.5 Å². The molecule has 41 heavy (non-hydrogen) atoms. The maximum Gasteiger partial charge on any atom is 0.414 e. The molecule has 4 amide bonds. The summed E-state index contributed by atoms with van der Waals surface area (Å²) in [7, 11) is 0. The average molecular weight is 578 g/mol. The highest BCUT2D eigenvalue weighted by molar-refractivity contribution is 6.31. The molecule has 1 aromatic heterocycles. The quantitative estimate of drug-likeness (QED) is 0.295. The molecule has 3 aromatic carbocycles. The third-order valence-corrected chi connectivity index (χ3v) is 7.58. The molecule has 0 saturated carbocycles. The minimum atomic E-state index is -2.15. The topological polar surface area (TPSA) is 147 Å². The molecule has 1 atom stereocenters. The summed E-state index contributed by atoms with van der Waals surface area (Å²) >= 11 is 6.01. The number of aromatic amines is 1. The molecule has 2 aliphatic heterocycles. The maximum absolute atomic E-state index is 15.2. The Morgan fingerprint density at radius 1 is 1.07 bits per heavy atom. The van der Waals surface area contributed by atoms with Gasteiger partial charge in [-0.1, -0.05) is 41.9 Å². The summed E-state index contributed by atoms with van der Waals surface area (Å²) in [5.41, 5.74) is -1.17. The predicted molar refractivity (Wildman–Crippen MR) is 145 cm³/mol. The molecule has 3 N–H and O–H groups in total. The Hall–Kier alpha value is -4.81. The van der Waals surface area contributed by atoms with E-state index < -0.39 is 23.5 Å². The van der Waals surface area contributed by atoms with Crippen LogP contribution in [-0.4, -0.2) is 62.0 Å². The summed E-state index contributed by atoms with van der Waals surface area (Å²) in [6.45, 7) is -0.349. The van der Waals surface area contributed by atoms with Crippen LogP contribution in [0.2, 0.25) is 5.02 Å². The van der Waals surface area contributed by atoms with E-state index in [9.17, 15) is 29.4 Å². The summed E-state index contributed by atoms with van der Waals surface area (Å²) in [5, 5.41) is 21.8. The molecule has 13 heteroatoms. The van der Waals surface area contributed by atoms with Crippen LogP contribution in [0.4, 0.5) is 20.8 Å². The van der Waals surface area contributed by atoms with Crippen LogP contribution < -0.4 is 9.80 Å². The first-order valence-electron chi connectivity index (χ1n) is 12.6. The highest BCUT2D eigenvalue weighted by Crippen LogP contribution is 2.46. The zero-order chi connectivity index (χ0) is 29.1. The fourth-order valence-corrected chi connectivity index (χ4v) is 5.47. The number of amides is 4. The third kappa shape index (κ3) is 4.10. The highest BCUT2D eigenvalue weighted by Gasteiger charge is 2.51. The van der Waals surface area contributed by atoms with Gasteiger partial charge in [0.15, 0.2) is 11.5 Å². The van der Waals surface area contributed by atoms with Crippen molar-refractivity contribution in [2.24, 2.45) is 0 Å². The van der Waals surface area contributed by atoms with Crippen molar-refractivity contribution < 1.29 is 33.8 Å². The molecule has 0 radical (unpaired) electrons. The Kier molecular flexibility index (Phi) is 6.24. The second-order valence-electron chi connectivity index (χ2n) is 9.60. The lowest BCUT2D eigenvalue weighted by Crippen LogP contribution is -2.45. The van der Waals surface area contributed by atoms with Crippen LogP contribution in [0.5, 0.6) is 0 Å². The van der Waals surface area contributed by atoms with Crippen molar-refractivity contribution in [2.45, 2.75) is 18.6 Å². The van der Waals surface area contributed by atoms with Gasteiger partial charge in [0, 0.05) is 36.1 Å². The van der Waals surface area contributed by atoms with Crippen molar-refractivity contribution >= 4 is 58.1 Å². The van der Waals surface area contributed by atoms with Gasteiger partial charge >= 0.3 is 6.09 Å². The van der Waals surface area contributed by atoms with Crippen LogP contribution in [0, 0.1) is 5.82 Å². The molecule has 208 valence electrons. The average Bonchev–Trinajstić information content (AvgIpc) is 3.59. The first kappa shape index (κ1) is 26.4. The van der Waals surface area contributed by atoms with Crippen molar-refractivity contribution in [3.05, 3.63) is 88.2 Å². The van der Waals surface area contributed by atoms with E-state index in [1.54, 1.807) is 18.2 Å². The molecule has 0 aliphatic carbocycles. The van der Waals surface area contributed by atoms with Gasteiger partial charge in [-0.15, -0.1) is 0 Å². The standard InChI is InChI=1S/C28H21ClFN5O6/c29-18-6-3-7-21(24(18)30)35-25(38)16-4-1-2-5-17(16)28(35,41)15-8-9-19-20(14-15)32-26(31-19)34(27(39)40)13-12-33-22(36)10-11-23(33)37/h1-9,14,41H,10-13H2,(H,31,32)(H,39,40). The number of carbonyl (C=O) groups is 4. The van der Waals surface area contributed by atoms with Gasteiger partial charge in [-0.05, 0) is 30.3 Å². The van der Waals surface area contributed by atoms with Crippen LogP contribution in [0.1, 0.15) is 34.3 Å². The molecule has 3 heterocycles. The Morgan fingerprint density at radius 3 is 2.54 bits per heavy atom. The number of imide groups is 1. The predicted octanol–water partition coefficient (Wildman–Crippen LogP) is 3.84. The largest absolute Gasteiger partial charge is 0.465 e. The van der Waals surface area contributed by atoms with Crippen LogP contribution >= 0.6 is 11.6 Å². The number of halogens is 2. The van der Waals surface area contributed by atoms with Crippen molar-refractivity contribution in [2.75, 3.05) is 22.9 Å². The van der Waals surface area contributed by atoms with E-state index in [0.29, 0.717) is 11.0 Å². The van der Waals surface area contributed by atoms with Crippen molar-refractivity contribution in [1.29, 1.82) is 0 Å². The van der Waals surface area contributed by atoms with Gasteiger partial charge in [0.2, 0.25) is 17.8 Å². The Labute approximate surface area is 236 Å². The molecule has 11 nitrogen and oxygen atoms in total. The number of aliphatic hydroxyl groups is 1. The first-order chi connectivity index (χ1) is 19.6. The van der Waals surface area contributed by atoms with Crippen LogP contribution in [0.15, 0.2) is 60.7 Å². The second kappa shape index (κ2) is 9.68. The lowest BCUT2D eigenvalue weighted by molar-refractivity contribution is -0.138. The monoisotopic (exact) mass is 577 g/mol. The first-order valence-corrected chi connectivity index (χ1v) is 12.9. The number of nitrogens with zero attached hydrogens (tertiary/aromatic N) is 4. The van der Waals surface area contributed by atoms with Crippen molar-refractivity contribution in [3.8, 4) is 0 Å². The Balaban J connectivity index is 1.41. The number of nitrogens with one attached hydrogen (secondary N) is 1. The van der Waals surface area contributed by atoms with E-state index >= 15 is 4.39 Å². The number of rotatable bonds is 6. The Morgan fingerprint density at radius 2 is 1.80 bits per heavy atom. The molecule has 0 spiro atoms. The minimum absolute atomic E-state index is 0.0728. The molecule has 2 aliphatic rings. The number of hydrogen-bond donors (Lipinski definition) is 3. The molecular weight excluding hydrogens is 557 g/mol. The fourth-order valence-electron chi connectivity index (χ4n) is 5.30. The number of carboxylic acid groups (broad SMARTS) is 1. The molecule has 1 saturated heterocycles. The Bertz CT molecular complexity index is 1760. The van der Waals surface area contributed by atoms with Crippen LogP contribution in [-0.2, 0) is 15.3 Å². The number of aromatic nitrogens is 2. The number of H-pyrrole nitrogens is 1. The van der Waals surface area contributed by atoms with Crippen molar-refractivity contribution in [1.82, 2.24) is 14.9 Å². The summed E-state index contributed by atoms with van der Waals surface area (Å²) in [5.74, 6) is -2.33. The van der Waals surface area contributed by atoms with Crippen LogP contribution in [0.3, 0.4) is 0 Å². The van der Waals surface area contributed by atoms with E-state index in [4.69, 9.17) is 11.6 Å². The number of anilines is 2. The van der Waals surface area contributed by atoms with E-state index in [2.05, 4.69) is 9.97 Å². The van der Waals surface area contributed by atoms with Gasteiger partial charge in [-0.3, -0.25) is 24.2 Å². The van der Waals surface area contributed by atoms with E-state index in [-0.39, 0.29) is 71.1 Å². The lowest BCUT2D eigenvalue weighted by atomic mass is 9.93. The molecule has 4 aromatic rings. The van der Waals surface area contributed by atoms with Crippen molar-refractivity contribution in [3.63, 3.8) is 0 Å². The second-order valence-corrected chi connectivity index (χ2v) is 10.0. The molecule has 0 bridgehead atoms. The minimum Gasteiger partial charge on any atom is -0.465 e. The maximum atomic E-state index is 15.2. The van der Waals surface area contributed by atoms with Gasteiger partial charge in [-0.2, -0.15) is 0 Å². The highest BCUT2D eigenvalue weighted by atomic mass is 35.5. The number of imidazole rings is 1. The molecule has 1 fully saturated rings. The fraction of sp³-hybridized carbons (Fsp3) is 0.179. The lowest BCUT2D eigenvalue weighted by Gasteiger charge is -2.35. The molecular formula is C28H21ClFN5O6. The molecule has 6 rings (SSSR count). The normalized spacial score (nSPS) is 18.5. The summed E-state index contributed by atoms with van der Waals surface area (Å²) in [4.78, 5) is 59.5. The van der Waals surface area contributed by atoms with Gasteiger partial charge < -0.3 is 15.2 Å². The van der Waals surface area contributed by atoms with Crippen LogP contribution in [0.25, 0.3) is 11.0 Å². The number of likely N-dealkylation sites (tertiary alicyclic amines) is 1. The smallest absolute Gasteiger partial charge is 0.414 e. The number of benzene rings is 3. The summed E-state index contributed by atoms with van der Waals surface area (Å²) in [6.07, 6.45) is -1.19.